The Kier molecular flexibility index (Phi) is 6.07. The number of aryl methyl sites for hydroxylation is 3. The number of nitrogens with zero attached hydrogens (tertiary/aromatic N) is 2. The second-order valence-corrected chi connectivity index (χ2v) is 10.2. The van der Waals surface area contributed by atoms with E-state index < -0.39 is 10.0 Å². The molecule has 1 aliphatic heterocycles. The van der Waals surface area contributed by atoms with Crippen molar-refractivity contribution < 1.29 is 13.2 Å². The second kappa shape index (κ2) is 8.79. The molecular weight excluding hydrogens is 420 g/mol. The van der Waals surface area contributed by atoms with E-state index in [0.29, 0.717) is 12.2 Å². The number of benzene rings is 3. The van der Waals surface area contributed by atoms with E-state index in [2.05, 4.69) is 0 Å². The molecule has 0 saturated heterocycles. The van der Waals surface area contributed by atoms with E-state index in [4.69, 9.17) is 0 Å². The van der Waals surface area contributed by atoms with Gasteiger partial charge in [0.25, 0.3) is 10.0 Å². The van der Waals surface area contributed by atoms with Gasteiger partial charge < -0.3 is 4.90 Å². The van der Waals surface area contributed by atoms with Gasteiger partial charge in [0, 0.05) is 12.2 Å². The molecule has 0 bridgehead atoms. The third-order valence-electron chi connectivity index (χ3n) is 6.14. The summed E-state index contributed by atoms with van der Waals surface area (Å²) in [6.07, 6.45) is 1.78. The molecule has 1 amide bonds. The fourth-order valence-corrected chi connectivity index (χ4v) is 5.62. The summed E-state index contributed by atoms with van der Waals surface area (Å²) in [7, 11) is -3.94. The molecule has 0 unspecified atom stereocenters. The molecule has 0 saturated carbocycles. The van der Waals surface area contributed by atoms with Gasteiger partial charge in [-0.1, -0.05) is 48.0 Å². The molecule has 0 radical (unpaired) electrons. The van der Waals surface area contributed by atoms with Crippen LogP contribution < -0.4 is 9.21 Å². The number of hydrogen-bond acceptors (Lipinski definition) is 3. The molecule has 1 aliphatic rings. The molecule has 0 spiro atoms. The summed E-state index contributed by atoms with van der Waals surface area (Å²) in [4.78, 5) is 15.4. The maximum Gasteiger partial charge on any atom is 0.264 e. The summed E-state index contributed by atoms with van der Waals surface area (Å²) in [5, 5.41) is 0. The first-order valence-electron chi connectivity index (χ1n) is 10.8. The van der Waals surface area contributed by atoms with Gasteiger partial charge in [-0.25, -0.2) is 8.42 Å². The van der Waals surface area contributed by atoms with Crippen molar-refractivity contribution in [2.75, 3.05) is 22.3 Å². The Morgan fingerprint density at radius 1 is 0.938 bits per heavy atom. The average Bonchev–Trinajstić information content (AvgIpc) is 2.79. The predicted molar refractivity (Wildman–Crippen MR) is 129 cm³/mol. The van der Waals surface area contributed by atoms with Crippen molar-refractivity contribution >= 4 is 27.3 Å². The minimum atomic E-state index is -3.94. The van der Waals surface area contributed by atoms with Crippen molar-refractivity contribution in [1.82, 2.24) is 0 Å². The minimum absolute atomic E-state index is 0.177. The first-order chi connectivity index (χ1) is 15.3. The van der Waals surface area contributed by atoms with Gasteiger partial charge in [-0.05, 0) is 74.6 Å². The van der Waals surface area contributed by atoms with Gasteiger partial charge in [-0.15, -0.1) is 0 Å². The Balaban J connectivity index is 1.76. The fourth-order valence-electron chi connectivity index (χ4n) is 4.14. The van der Waals surface area contributed by atoms with Crippen LogP contribution in [0.3, 0.4) is 0 Å². The van der Waals surface area contributed by atoms with Crippen molar-refractivity contribution in [3.8, 4) is 0 Å². The lowest BCUT2D eigenvalue weighted by Gasteiger charge is -2.32. The summed E-state index contributed by atoms with van der Waals surface area (Å²) in [6.45, 7) is 6.08. The van der Waals surface area contributed by atoms with Crippen molar-refractivity contribution in [1.29, 1.82) is 0 Å². The van der Waals surface area contributed by atoms with Crippen LogP contribution in [0.2, 0.25) is 0 Å². The number of rotatable bonds is 5. The van der Waals surface area contributed by atoms with Crippen LogP contribution in [-0.2, 0) is 21.2 Å². The van der Waals surface area contributed by atoms with Gasteiger partial charge in [-0.3, -0.25) is 9.10 Å². The highest BCUT2D eigenvalue weighted by atomic mass is 32.2. The van der Waals surface area contributed by atoms with Crippen LogP contribution in [0.25, 0.3) is 0 Å². The molecule has 6 heteroatoms. The molecule has 32 heavy (non-hydrogen) atoms. The Morgan fingerprint density at radius 3 is 2.41 bits per heavy atom. The molecule has 0 atom stereocenters. The lowest BCUT2D eigenvalue weighted by Crippen LogP contribution is -2.45. The van der Waals surface area contributed by atoms with Crippen LogP contribution in [0.1, 0.15) is 28.7 Å². The lowest BCUT2D eigenvalue weighted by atomic mass is 10.0. The third-order valence-corrected chi connectivity index (χ3v) is 7.92. The van der Waals surface area contributed by atoms with E-state index in [1.807, 2.05) is 57.2 Å². The number of hydrogen-bond donors (Lipinski definition) is 0. The number of para-hydroxylation sites is 1. The molecule has 4 rings (SSSR count). The smallest absolute Gasteiger partial charge is 0.264 e. The fraction of sp³-hybridized carbons (Fsp3) is 0.269. The van der Waals surface area contributed by atoms with Crippen LogP contribution in [0.4, 0.5) is 11.4 Å². The van der Waals surface area contributed by atoms with Gasteiger partial charge in [0.05, 0.1) is 10.6 Å². The van der Waals surface area contributed by atoms with Gasteiger partial charge in [0.1, 0.15) is 6.54 Å². The SMILES string of the molecule is Cc1ccc(S(=O)(=O)N(CC(=O)N2CCCc3ccccc32)c2cccc(C)c2C)cc1. The molecule has 5 nitrogen and oxygen atoms in total. The van der Waals surface area contributed by atoms with Gasteiger partial charge in [0.2, 0.25) is 5.91 Å². The highest BCUT2D eigenvalue weighted by Crippen LogP contribution is 2.31. The van der Waals surface area contributed by atoms with Gasteiger partial charge >= 0.3 is 0 Å². The molecule has 0 fully saturated rings. The second-order valence-electron chi connectivity index (χ2n) is 8.32. The average molecular weight is 449 g/mol. The highest BCUT2D eigenvalue weighted by Gasteiger charge is 2.31. The van der Waals surface area contributed by atoms with Crippen molar-refractivity contribution in [3.05, 3.63) is 89.0 Å². The summed E-state index contributed by atoms with van der Waals surface area (Å²) in [5.41, 5.74) is 5.31. The zero-order valence-corrected chi connectivity index (χ0v) is 19.5. The van der Waals surface area contributed by atoms with Gasteiger partial charge in [0.15, 0.2) is 0 Å². The number of carbonyl (C=O) groups is 1. The number of sulfonamides is 1. The minimum Gasteiger partial charge on any atom is -0.311 e. The van der Waals surface area contributed by atoms with Crippen LogP contribution >= 0.6 is 0 Å². The normalized spacial score (nSPS) is 13.5. The van der Waals surface area contributed by atoms with Crippen molar-refractivity contribution in [2.45, 2.75) is 38.5 Å². The van der Waals surface area contributed by atoms with E-state index >= 15 is 0 Å². The molecule has 3 aromatic carbocycles. The van der Waals surface area contributed by atoms with Crippen molar-refractivity contribution in [3.63, 3.8) is 0 Å². The number of amides is 1. The lowest BCUT2D eigenvalue weighted by molar-refractivity contribution is -0.117. The topological polar surface area (TPSA) is 57.7 Å². The van der Waals surface area contributed by atoms with E-state index in [-0.39, 0.29) is 17.3 Å². The molecular formula is C26H28N2O3S. The maximum atomic E-state index is 13.7. The summed E-state index contributed by atoms with van der Waals surface area (Å²) >= 11 is 0. The number of anilines is 2. The van der Waals surface area contributed by atoms with E-state index in [1.165, 1.54) is 4.31 Å². The van der Waals surface area contributed by atoms with Crippen LogP contribution in [0, 0.1) is 20.8 Å². The Labute approximate surface area is 190 Å². The van der Waals surface area contributed by atoms with Crippen molar-refractivity contribution in [2.24, 2.45) is 0 Å². The molecule has 166 valence electrons. The van der Waals surface area contributed by atoms with E-state index in [0.717, 1.165) is 40.8 Å². The molecule has 3 aromatic rings. The standard InChI is InChI=1S/C26H28N2O3S/c1-19-13-15-23(16-14-19)32(30,31)28(24-12-6-8-20(2)21(24)3)18-26(29)27-17-7-10-22-9-4-5-11-25(22)27/h4-6,8-9,11-16H,7,10,17-18H2,1-3H3. The first kappa shape index (κ1) is 22.1. The van der Waals surface area contributed by atoms with Crippen LogP contribution in [0.5, 0.6) is 0 Å². The molecule has 1 heterocycles. The monoisotopic (exact) mass is 448 g/mol. The van der Waals surface area contributed by atoms with Crippen LogP contribution in [0.15, 0.2) is 71.6 Å². The zero-order chi connectivity index (χ0) is 22.9. The first-order valence-corrected chi connectivity index (χ1v) is 12.3. The Morgan fingerprint density at radius 2 is 1.66 bits per heavy atom. The van der Waals surface area contributed by atoms with Gasteiger partial charge in [-0.2, -0.15) is 0 Å². The molecule has 0 aromatic heterocycles. The number of carbonyl (C=O) groups excluding carboxylic acids is 1. The Bertz CT molecular complexity index is 1250. The maximum absolute atomic E-state index is 13.7. The molecule has 0 aliphatic carbocycles. The largest absolute Gasteiger partial charge is 0.311 e. The number of fused-ring (bicyclic) bond motifs is 1. The summed E-state index contributed by atoms with van der Waals surface area (Å²) < 4.78 is 28.7. The van der Waals surface area contributed by atoms with E-state index in [1.54, 1.807) is 35.2 Å². The summed E-state index contributed by atoms with van der Waals surface area (Å²) in [5.74, 6) is -0.228. The molecule has 0 N–H and O–H groups in total. The quantitative estimate of drug-likeness (QED) is 0.564. The van der Waals surface area contributed by atoms with E-state index in [9.17, 15) is 13.2 Å². The predicted octanol–water partition coefficient (Wildman–Crippen LogP) is 4.79. The zero-order valence-electron chi connectivity index (χ0n) is 18.7. The summed E-state index contributed by atoms with van der Waals surface area (Å²) in [6, 6.07) is 20.1. The van der Waals surface area contributed by atoms with Crippen LogP contribution in [-0.4, -0.2) is 27.4 Å². The highest BCUT2D eigenvalue weighted by molar-refractivity contribution is 7.92. The third kappa shape index (κ3) is 4.15. The Hall–Kier alpha value is -3.12.